The minimum absolute atomic E-state index is 0.0520. The molecule has 1 aromatic heterocycles. The molecule has 4 nitrogen and oxygen atoms in total. The van der Waals surface area contributed by atoms with Crippen LogP contribution >= 0.6 is 0 Å². The maximum Gasteiger partial charge on any atom is 0.0547 e. The number of nitrogens with zero attached hydrogens (tertiary/aromatic N) is 2. The second kappa shape index (κ2) is 4.33. The standard InChI is InChI=1S/C11H19N3O/c1-8(11-3-4-13-14(11)2)12-7-9-5-10(15)6-9/h3-4,8-10,12,15H,5-7H2,1-2H3. The van der Waals surface area contributed by atoms with Crippen molar-refractivity contribution in [2.75, 3.05) is 6.54 Å². The molecule has 0 saturated heterocycles. The fourth-order valence-electron chi connectivity index (χ4n) is 2.12. The largest absolute Gasteiger partial charge is 0.393 e. The van der Waals surface area contributed by atoms with E-state index in [1.165, 1.54) is 5.69 Å². The van der Waals surface area contributed by atoms with E-state index in [9.17, 15) is 0 Å². The lowest BCUT2D eigenvalue weighted by atomic mass is 9.82. The first-order chi connectivity index (χ1) is 7.16. The average molecular weight is 209 g/mol. The van der Waals surface area contributed by atoms with E-state index in [0.717, 1.165) is 19.4 Å². The predicted molar refractivity (Wildman–Crippen MR) is 58.4 cm³/mol. The fraction of sp³-hybridized carbons (Fsp3) is 0.727. The van der Waals surface area contributed by atoms with Gasteiger partial charge in [0.1, 0.15) is 0 Å². The monoisotopic (exact) mass is 209 g/mol. The van der Waals surface area contributed by atoms with Crippen LogP contribution in [-0.2, 0) is 7.05 Å². The van der Waals surface area contributed by atoms with Gasteiger partial charge in [-0.05, 0) is 38.3 Å². The fourth-order valence-corrected chi connectivity index (χ4v) is 2.12. The van der Waals surface area contributed by atoms with Crippen molar-refractivity contribution in [3.63, 3.8) is 0 Å². The van der Waals surface area contributed by atoms with Crippen LogP contribution in [0.1, 0.15) is 31.5 Å². The highest BCUT2D eigenvalue weighted by Crippen LogP contribution is 2.26. The summed E-state index contributed by atoms with van der Waals surface area (Å²) >= 11 is 0. The third kappa shape index (κ3) is 2.38. The van der Waals surface area contributed by atoms with Gasteiger partial charge in [-0.15, -0.1) is 0 Å². The lowest BCUT2D eigenvalue weighted by Crippen LogP contribution is -2.37. The van der Waals surface area contributed by atoms with Gasteiger partial charge >= 0.3 is 0 Å². The molecule has 2 rings (SSSR count). The average Bonchev–Trinajstić information content (AvgIpc) is 2.57. The number of rotatable bonds is 4. The van der Waals surface area contributed by atoms with E-state index in [0.29, 0.717) is 12.0 Å². The third-order valence-electron chi connectivity index (χ3n) is 3.23. The number of aliphatic hydroxyl groups is 1. The van der Waals surface area contributed by atoms with Gasteiger partial charge in [-0.2, -0.15) is 5.10 Å². The van der Waals surface area contributed by atoms with Crippen LogP contribution in [0.4, 0.5) is 0 Å². The predicted octanol–water partition coefficient (Wildman–Crippen LogP) is 0.842. The molecule has 1 aromatic rings. The first kappa shape index (κ1) is 10.6. The highest BCUT2D eigenvalue weighted by molar-refractivity contribution is 5.05. The quantitative estimate of drug-likeness (QED) is 0.772. The first-order valence-electron chi connectivity index (χ1n) is 5.56. The SMILES string of the molecule is CC(NCC1CC(O)C1)c1ccnn1C. The Morgan fingerprint density at radius 1 is 1.67 bits per heavy atom. The van der Waals surface area contributed by atoms with Crippen molar-refractivity contribution in [3.8, 4) is 0 Å². The summed E-state index contributed by atoms with van der Waals surface area (Å²) in [5.74, 6) is 0.649. The number of hydrogen-bond donors (Lipinski definition) is 2. The van der Waals surface area contributed by atoms with E-state index in [1.54, 1.807) is 0 Å². The molecular weight excluding hydrogens is 190 g/mol. The van der Waals surface area contributed by atoms with Crippen molar-refractivity contribution in [1.29, 1.82) is 0 Å². The Balaban J connectivity index is 1.78. The summed E-state index contributed by atoms with van der Waals surface area (Å²) in [6.45, 7) is 3.13. The lowest BCUT2D eigenvalue weighted by Gasteiger charge is -2.32. The van der Waals surface area contributed by atoms with E-state index >= 15 is 0 Å². The summed E-state index contributed by atoms with van der Waals surface area (Å²) in [5, 5.41) is 16.8. The Bertz CT molecular complexity index is 317. The number of aliphatic hydroxyl groups excluding tert-OH is 1. The summed E-state index contributed by atoms with van der Waals surface area (Å²) in [5.41, 5.74) is 1.20. The molecule has 1 atom stereocenters. The van der Waals surface area contributed by atoms with E-state index in [-0.39, 0.29) is 6.10 Å². The summed E-state index contributed by atoms with van der Waals surface area (Å²) in [4.78, 5) is 0. The molecule has 0 radical (unpaired) electrons. The van der Waals surface area contributed by atoms with Gasteiger partial charge in [0.05, 0.1) is 11.8 Å². The Morgan fingerprint density at radius 2 is 2.40 bits per heavy atom. The molecule has 0 aliphatic heterocycles. The van der Waals surface area contributed by atoms with Gasteiger partial charge < -0.3 is 10.4 Å². The zero-order chi connectivity index (χ0) is 10.8. The molecule has 0 amide bonds. The Morgan fingerprint density at radius 3 is 2.93 bits per heavy atom. The minimum atomic E-state index is -0.0520. The van der Waals surface area contributed by atoms with Crippen LogP contribution in [-0.4, -0.2) is 27.5 Å². The molecule has 15 heavy (non-hydrogen) atoms. The van der Waals surface area contributed by atoms with Crippen molar-refractivity contribution in [1.82, 2.24) is 15.1 Å². The van der Waals surface area contributed by atoms with Gasteiger partial charge in [0.15, 0.2) is 0 Å². The molecule has 0 spiro atoms. The molecule has 84 valence electrons. The smallest absolute Gasteiger partial charge is 0.0547 e. The van der Waals surface area contributed by atoms with Gasteiger partial charge in [0.2, 0.25) is 0 Å². The van der Waals surface area contributed by atoms with Gasteiger partial charge in [-0.1, -0.05) is 0 Å². The van der Waals surface area contributed by atoms with E-state index in [1.807, 2.05) is 24.0 Å². The topological polar surface area (TPSA) is 50.1 Å². The van der Waals surface area contributed by atoms with E-state index < -0.39 is 0 Å². The van der Waals surface area contributed by atoms with Crippen LogP contribution in [0.15, 0.2) is 12.3 Å². The van der Waals surface area contributed by atoms with Crippen molar-refractivity contribution >= 4 is 0 Å². The van der Waals surface area contributed by atoms with Crippen LogP contribution in [0.5, 0.6) is 0 Å². The maximum absolute atomic E-state index is 9.17. The molecule has 1 unspecified atom stereocenters. The first-order valence-corrected chi connectivity index (χ1v) is 5.56. The summed E-state index contributed by atoms with van der Waals surface area (Å²) < 4.78 is 1.90. The summed E-state index contributed by atoms with van der Waals surface area (Å²) in [6, 6.07) is 2.36. The zero-order valence-electron chi connectivity index (χ0n) is 9.35. The van der Waals surface area contributed by atoms with Crippen LogP contribution in [0.3, 0.4) is 0 Å². The molecule has 1 aliphatic carbocycles. The third-order valence-corrected chi connectivity index (χ3v) is 3.23. The normalized spacial score (nSPS) is 27.4. The van der Waals surface area contributed by atoms with Crippen molar-refractivity contribution in [2.45, 2.75) is 31.9 Å². The molecule has 0 aromatic carbocycles. The number of aromatic nitrogens is 2. The van der Waals surface area contributed by atoms with Gasteiger partial charge in [0, 0.05) is 19.3 Å². The number of hydrogen-bond acceptors (Lipinski definition) is 3. The molecular formula is C11H19N3O. The van der Waals surface area contributed by atoms with Crippen molar-refractivity contribution < 1.29 is 5.11 Å². The van der Waals surface area contributed by atoms with Crippen LogP contribution in [0.2, 0.25) is 0 Å². The van der Waals surface area contributed by atoms with E-state index in [4.69, 9.17) is 5.11 Å². The van der Waals surface area contributed by atoms with Crippen molar-refractivity contribution in [3.05, 3.63) is 18.0 Å². The molecule has 1 fully saturated rings. The second-order valence-electron chi connectivity index (χ2n) is 4.50. The maximum atomic E-state index is 9.17. The zero-order valence-corrected chi connectivity index (χ0v) is 9.35. The van der Waals surface area contributed by atoms with Gasteiger partial charge in [-0.25, -0.2) is 0 Å². The Labute approximate surface area is 90.3 Å². The molecule has 2 N–H and O–H groups in total. The Kier molecular flexibility index (Phi) is 3.07. The summed E-state index contributed by atoms with van der Waals surface area (Å²) in [6.07, 6.45) is 3.67. The molecule has 1 saturated carbocycles. The molecule has 1 heterocycles. The number of nitrogens with one attached hydrogen (secondary N) is 1. The van der Waals surface area contributed by atoms with Crippen molar-refractivity contribution in [2.24, 2.45) is 13.0 Å². The van der Waals surface area contributed by atoms with Crippen LogP contribution < -0.4 is 5.32 Å². The minimum Gasteiger partial charge on any atom is -0.393 e. The number of aryl methyl sites for hydroxylation is 1. The highest BCUT2D eigenvalue weighted by Gasteiger charge is 2.27. The summed E-state index contributed by atoms with van der Waals surface area (Å²) in [7, 11) is 1.96. The van der Waals surface area contributed by atoms with Gasteiger partial charge in [0.25, 0.3) is 0 Å². The molecule has 0 bridgehead atoms. The second-order valence-corrected chi connectivity index (χ2v) is 4.50. The Hall–Kier alpha value is -0.870. The molecule has 1 aliphatic rings. The lowest BCUT2D eigenvalue weighted by molar-refractivity contribution is 0.0419. The van der Waals surface area contributed by atoms with E-state index in [2.05, 4.69) is 17.3 Å². The highest BCUT2D eigenvalue weighted by atomic mass is 16.3. The van der Waals surface area contributed by atoms with Gasteiger partial charge in [-0.3, -0.25) is 4.68 Å². The van der Waals surface area contributed by atoms with Crippen LogP contribution in [0, 0.1) is 5.92 Å². The molecule has 4 heteroatoms. The van der Waals surface area contributed by atoms with Crippen LogP contribution in [0.25, 0.3) is 0 Å².